The molecule has 0 atom stereocenters. The molecular weight excluding hydrogens is 224 g/mol. The lowest BCUT2D eigenvalue weighted by molar-refractivity contribution is 0.0596. The highest BCUT2D eigenvalue weighted by Gasteiger charge is 2.17. The number of anilines is 1. The smallest absolute Gasteiger partial charge is 0.359 e. The van der Waals surface area contributed by atoms with Crippen LogP contribution in [0.15, 0.2) is 30.3 Å². The second-order valence-corrected chi connectivity index (χ2v) is 4.12. The van der Waals surface area contributed by atoms with Gasteiger partial charge >= 0.3 is 5.97 Å². The first-order valence-corrected chi connectivity index (χ1v) is 5.44. The van der Waals surface area contributed by atoms with Gasteiger partial charge in [-0.25, -0.2) is 9.78 Å². The van der Waals surface area contributed by atoms with Gasteiger partial charge in [0.25, 0.3) is 0 Å². The molecule has 1 aromatic heterocycles. The second-order valence-electron chi connectivity index (χ2n) is 3.09. The highest BCUT2D eigenvalue weighted by atomic mass is 32.1. The van der Waals surface area contributed by atoms with Gasteiger partial charge in [0.05, 0.1) is 7.11 Å². The predicted octanol–water partition coefficient (Wildman–Crippen LogP) is 2.18. The minimum absolute atomic E-state index is 0.186. The molecule has 2 N–H and O–H groups in total. The van der Waals surface area contributed by atoms with Crippen LogP contribution in [0.25, 0.3) is 10.6 Å². The highest BCUT2D eigenvalue weighted by molar-refractivity contribution is 7.19. The Labute approximate surface area is 96.7 Å². The van der Waals surface area contributed by atoms with Crippen molar-refractivity contribution in [2.24, 2.45) is 0 Å². The molecule has 0 saturated heterocycles. The van der Waals surface area contributed by atoms with E-state index in [1.807, 2.05) is 30.3 Å². The largest absolute Gasteiger partial charge is 0.464 e. The van der Waals surface area contributed by atoms with Gasteiger partial charge in [-0.15, -0.1) is 0 Å². The average molecular weight is 234 g/mol. The monoisotopic (exact) mass is 234 g/mol. The lowest BCUT2D eigenvalue weighted by Crippen LogP contribution is -2.04. The van der Waals surface area contributed by atoms with Crippen molar-refractivity contribution in [3.05, 3.63) is 36.0 Å². The van der Waals surface area contributed by atoms with Crippen LogP contribution >= 0.6 is 11.3 Å². The zero-order chi connectivity index (χ0) is 11.5. The van der Waals surface area contributed by atoms with Crippen LogP contribution in [-0.4, -0.2) is 18.1 Å². The number of benzene rings is 1. The van der Waals surface area contributed by atoms with Crippen molar-refractivity contribution in [2.45, 2.75) is 0 Å². The summed E-state index contributed by atoms with van der Waals surface area (Å²) in [5.41, 5.74) is 6.84. The zero-order valence-electron chi connectivity index (χ0n) is 8.64. The Morgan fingerprint density at radius 3 is 2.69 bits per heavy atom. The van der Waals surface area contributed by atoms with Crippen LogP contribution < -0.4 is 5.73 Å². The molecule has 2 rings (SSSR count). The summed E-state index contributed by atoms with van der Waals surface area (Å²) in [6.07, 6.45) is 0. The number of hydrogen-bond acceptors (Lipinski definition) is 5. The number of nitrogens with zero attached hydrogens (tertiary/aromatic N) is 1. The normalized spacial score (nSPS) is 10.1. The molecule has 0 aliphatic rings. The number of esters is 1. The van der Waals surface area contributed by atoms with E-state index in [0.717, 1.165) is 10.6 Å². The summed E-state index contributed by atoms with van der Waals surface area (Å²) in [5.74, 6) is -0.504. The van der Waals surface area contributed by atoms with Crippen LogP contribution in [0, 0.1) is 0 Å². The molecule has 82 valence electrons. The van der Waals surface area contributed by atoms with Crippen LogP contribution in [0.3, 0.4) is 0 Å². The minimum Gasteiger partial charge on any atom is -0.464 e. The van der Waals surface area contributed by atoms with Crippen molar-refractivity contribution in [2.75, 3.05) is 12.8 Å². The lowest BCUT2D eigenvalue weighted by Gasteiger charge is -1.94. The maximum absolute atomic E-state index is 11.3. The third-order valence-corrected chi connectivity index (χ3v) is 2.99. The molecule has 16 heavy (non-hydrogen) atoms. The van der Waals surface area contributed by atoms with Crippen molar-refractivity contribution < 1.29 is 9.53 Å². The van der Waals surface area contributed by atoms with Gasteiger partial charge in [0.1, 0.15) is 10.0 Å². The van der Waals surface area contributed by atoms with E-state index in [0.29, 0.717) is 5.00 Å². The van der Waals surface area contributed by atoms with E-state index in [1.165, 1.54) is 18.4 Å². The standard InChI is InChI=1S/C11H10N2O2S/c1-15-11(14)8-9(12)16-10(13-8)7-5-3-2-4-6-7/h2-6H,12H2,1H3. The summed E-state index contributed by atoms with van der Waals surface area (Å²) in [7, 11) is 1.31. The first kappa shape index (κ1) is 10.6. The molecule has 2 aromatic rings. The van der Waals surface area contributed by atoms with Crippen molar-refractivity contribution in [3.63, 3.8) is 0 Å². The topological polar surface area (TPSA) is 65.2 Å². The second kappa shape index (κ2) is 4.32. The summed E-state index contributed by atoms with van der Waals surface area (Å²) in [5, 5.41) is 1.10. The van der Waals surface area contributed by atoms with E-state index in [4.69, 9.17) is 5.73 Å². The van der Waals surface area contributed by atoms with Crippen LogP contribution in [0.2, 0.25) is 0 Å². The first-order chi connectivity index (χ1) is 7.72. The Kier molecular flexibility index (Phi) is 2.87. The molecule has 1 aromatic carbocycles. The Bertz CT molecular complexity index is 508. The summed E-state index contributed by atoms with van der Waals surface area (Å²) in [4.78, 5) is 15.5. The van der Waals surface area contributed by atoms with Gasteiger partial charge in [0.2, 0.25) is 0 Å². The number of hydrogen-bond donors (Lipinski definition) is 1. The number of carbonyl (C=O) groups is 1. The Balaban J connectivity index is 2.42. The van der Waals surface area contributed by atoms with Gasteiger partial charge in [-0.2, -0.15) is 0 Å². The average Bonchev–Trinajstić information content (AvgIpc) is 2.71. The van der Waals surface area contributed by atoms with Crippen LogP contribution in [0.1, 0.15) is 10.5 Å². The van der Waals surface area contributed by atoms with E-state index < -0.39 is 5.97 Å². The van der Waals surface area contributed by atoms with Gasteiger partial charge in [-0.1, -0.05) is 41.7 Å². The van der Waals surface area contributed by atoms with Crippen LogP contribution in [0.5, 0.6) is 0 Å². The van der Waals surface area contributed by atoms with Gasteiger partial charge in [0, 0.05) is 5.56 Å². The molecule has 0 saturated carbocycles. The number of ether oxygens (including phenoxy) is 1. The third kappa shape index (κ3) is 1.90. The molecule has 0 aliphatic carbocycles. The van der Waals surface area contributed by atoms with Crippen molar-refractivity contribution in [1.29, 1.82) is 0 Å². The number of thiazole rings is 1. The predicted molar refractivity (Wildman–Crippen MR) is 63.3 cm³/mol. The summed E-state index contributed by atoms with van der Waals surface area (Å²) in [6.45, 7) is 0. The molecule has 0 fully saturated rings. The number of aromatic nitrogens is 1. The molecule has 0 amide bonds. The Hall–Kier alpha value is -1.88. The Morgan fingerprint density at radius 2 is 2.06 bits per heavy atom. The van der Waals surface area contributed by atoms with E-state index in [2.05, 4.69) is 9.72 Å². The quantitative estimate of drug-likeness (QED) is 0.809. The van der Waals surface area contributed by atoms with E-state index in [-0.39, 0.29) is 5.69 Å². The summed E-state index contributed by atoms with van der Waals surface area (Å²) < 4.78 is 4.59. The van der Waals surface area contributed by atoms with E-state index >= 15 is 0 Å². The summed E-state index contributed by atoms with van der Waals surface area (Å²) >= 11 is 1.28. The number of nitrogen functional groups attached to an aromatic ring is 1. The zero-order valence-corrected chi connectivity index (χ0v) is 9.45. The van der Waals surface area contributed by atoms with Crippen molar-refractivity contribution in [3.8, 4) is 10.6 Å². The SMILES string of the molecule is COC(=O)c1nc(-c2ccccc2)sc1N. The molecule has 1 heterocycles. The summed E-state index contributed by atoms with van der Waals surface area (Å²) in [6, 6.07) is 9.57. The maximum atomic E-state index is 11.3. The molecule has 4 nitrogen and oxygen atoms in total. The Morgan fingerprint density at radius 1 is 1.38 bits per heavy atom. The molecule has 0 unspecified atom stereocenters. The number of rotatable bonds is 2. The lowest BCUT2D eigenvalue weighted by atomic mass is 10.2. The van der Waals surface area contributed by atoms with Crippen molar-refractivity contribution in [1.82, 2.24) is 4.98 Å². The fraction of sp³-hybridized carbons (Fsp3) is 0.0909. The first-order valence-electron chi connectivity index (χ1n) is 4.62. The van der Waals surface area contributed by atoms with Gasteiger partial charge in [0.15, 0.2) is 5.69 Å². The van der Waals surface area contributed by atoms with Crippen molar-refractivity contribution >= 4 is 22.3 Å². The molecule has 0 radical (unpaired) electrons. The molecule has 5 heteroatoms. The molecule has 0 bridgehead atoms. The van der Waals surface area contributed by atoms with Gasteiger partial charge in [-0.3, -0.25) is 0 Å². The van der Waals surface area contributed by atoms with E-state index in [9.17, 15) is 4.79 Å². The molecular formula is C11H10N2O2S. The van der Waals surface area contributed by atoms with Gasteiger partial charge < -0.3 is 10.5 Å². The highest BCUT2D eigenvalue weighted by Crippen LogP contribution is 2.29. The van der Waals surface area contributed by atoms with E-state index in [1.54, 1.807) is 0 Å². The maximum Gasteiger partial charge on any atom is 0.359 e. The molecule has 0 aliphatic heterocycles. The van der Waals surface area contributed by atoms with Crippen LogP contribution in [-0.2, 0) is 4.74 Å². The fourth-order valence-corrected chi connectivity index (χ4v) is 2.10. The fourth-order valence-electron chi connectivity index (χ4n) is 1.28. The molecule has 0 spiro atoms. The van der Waals surface area contributed by atoms with Gasteiger partial charge in [-0.05, 0) is 0 Å². The third-order valence-electron chi connectivity index (χ3n) is 2.05. The number of carbonyl (C=O) groups excluding carboxylic acids is 1. The minimum atomic E-state index is -0.504. The number of methoxy groups -OCH3 is 1. The number of nitrogens with two attached hydrogens (primary N) is 1. The van der Waals surface area contributed by atoms with Crippen LogP contribution in [0.4, 0.5) is 5.00 Å².